The molecule has 2 aromatic heterocycles. The number of alkyl halides is 1. The monoisotopic (exact) mass is 525 g/mol. The molecule has 0 saturated carbocycles. The van der Waals surface area contributed by atoms with Crippen LogP contribution in [0.2, 0.25) is 0 Å². The second-order valence-electron chi connectivity index (χ2n) is 7.28. The van der Waals surface area contributed by atoms with Crippen LogP contribution in [0.15, 0.2) is 66.9 Å². The number of benzene rings is 2. The maximum atomic E-state index is 10.4. The second kappa shape index (κ2) is 11.4. The number of hydrogen-bond donors (Lipinski definition) is 3. The van der Waals surface area contributed by atoms with E-state index in [2.05, 4.69) is 36.6 Å². The Hall–Kier alpha value is -3.79. The number of rotatable bonds is 11. The Balaban J connectivity index is 1.40. The van der Waals surface area contributed by atoms with Crippen molar-refractivity contribution in [2.24, 2.45) is 0 Å². The minimum atomic E-state index is -1.03. The summed E-state index contributed by atoms with van der Waals surface area (Å²) in [5.41, 5.74) is 3.69. The minimum Gasteiger partial charge on any atom is -0.494 e. The van der Waals surface area contributed by atoms with E-state index in [1.165, 1.54) is 0 Å². The molecule has 0 atom stereocenters. The van der Waals surface area contributed by atoms with Crippen LogP contribution >= 0.6 is 15.9 Å². The third kappa shape index (κ3) is 6.16. The van der Waals surface area contributed by atoms with Gasteiger partial charge in [0.15, 0.2) is 0 Å². The normalized spacial score (nSPS) is 10.7. The quantitative estimate of drug-likeness (QED) is 0.187. The largest absolute Gasteiger partial charge is 0.494 e. The van der Waals surface area contributed by atoms with E-state index in [1.54, 1.807) is 6.20 Å². The van der Waals surface area contributed by atoms with Gasteiger partial charge in [0, 0.05) is 23.1 Å². The molecule has 0 aliphatic carbocycles. The molecule has 0 saturated heterocycles. The summed E-state index contributed by atoms with van der Waals surface area (Å²) in [6, 6.07) is 19.3. The molecular formula is C24H24BrN5O4. The number of nitrogens with zero attached hydrogens (tertiary/aromatic N) is 3. The Morgan fingerprint density at radius 3 is 2.38 bits per heavy atom. The van der Waals surface area contributed by atoms with Crippen LogP contribution in [0.4, 0.5) is 16.4 Å². The van der Waals surface area contributed by atoms with E-state index in [-0.39, 0.29) is 0 Å². The van der Waals surface area contributed by atoms with Gasteiger partial charge in [-0.2, -0.15) is 0 Å². The van der Waals surface area contributed by atoms with Crippen molar-refractivity contribution in [3.05, 3.63) is 66.9 Å². The molecule has 4 rings (SSSR count). The summed E-state index contributed by atoms with van der Waals surface area (Å²) >= 11 is 3.36. The van der Waals surface area contributed by atoms with Crippen LogP contribution in [0, 0.1) is 0 Å². The SMILES string of the molecule is O=C(O)NCCCOc1ccc(Nc2ncc3ccc(-c4ccc(OCCBr)cc4)n3n2)cc1. The number of nitrogens with one attached hydrogen (secondary N) is 2. The van der Waals surface area contributed by atoms with Crippen molar-refractivity contribution in [3.63, 3.8) is 0 Å². The van der Waals surface area contributed by atoms with Gasteiger partial charge in [-0.05, 0) is 67.1 Å². The van der Waals surface area contributed by atoms with Crippen LogP contribution in [0.1, 0.15) is 6.42 Å². The summed E-state index contributed by atoms with van der Waals surface area (Å²) < 4.78 is 13.1. The zero-order valence-electron chi connectivity index (χ0n) is 18.3. The summed E-state index contributed by atoms with van der Waals surface area (Å²) in [6.07, 6.45) is 1.33. The van der Waals surface area contributed by atoms with Crippen molar-refractivity contribution >= 4 is 39.2 Å². The standard InChI is InChI=1S/C24H24BrN5O4/c25-12-15-34-20-7-2-17(3-8-20)22-11-6-19-16-27-23(29-30(19)22)28-18-4-9-21(10-5-18)33-14-1-13-26-24(31)32/h2-11,16,26H,1,12-15H2,(H,28,29)(H,31,32). The first-order valence-electron chi connectivity index (χ1n) is 10.7. The number of aromatic nitrogens is 3. The molecule has 0 unspecified atom stereocenters. The lowest BCUT2D eigenvalue weighted by atomic mass is 10.1. The van der Waals surface area contributed by atoms with Crippen LogP contribution in [0.3, 0.4) is 0 Å². The maximum absolute atomic E-state index is 10.4. The molecular weight excluding hydrogens is 502 g/mol. The molecule has 9 nitrogen and oxygen atoms in total. The molecule has 0 radical (unpaired) electrons. The number of hydrogen-bond acceptors (Lipinski definition) is 6. The average Bonchev–Trinajstić information content (AvgIpc) is 3.27. The van der Waals surface area contributed by atoms with E-state index in [9.17, 15) is 4.79 Å². The number of carboxylic acid groups (broad SMARTS) is 1. The van der Waals surface area contributed by atoms with Gasteiger partial charge in [-0.25, -0.2) is 14.3 Å². The number of anilines is 2. The fraction of sp³-hybridized carbons (Fsp3) is 0.208. The summed E-state index contributed by atoms with van der Waals surface area (Å²) in [6.45, 7) is 1.39. The van der Waals surface area contributed by atoms with Crippen molar-refractivity contribution in [2.75, 3.05) is 30.4 Å². The lowest BCUT2D eigenvalue weighted by Crippen LogP contribution is -2.23. The van der Waals surface area contributed by atoms with Gasteiger partial charge in [-0.3, -0.25) is 0 Å². The zero-order valence-corrected chi connectivity index (χ0v) is 19.9. The fourth-order valence-corrected chi connectivity index (χ4v) is 3.44. The highest BCUT2D eigenvalue weighted by Gasteiger charge is 2.09. The number of fused-ring (bicyclic) bond motifs is 1. The third-order valence-electron chi connectivity index (χ3n) is 4.87. The Kier molecular flexibility index (Phi) is 7.82. The first kappa shape index (κ1) is 23.4. The Labute approximate surface area is 204 Å². The van der Waals surface area contributed by atoms with Crippen molar-refractivity contribution in [3.8, 4) is 22.8 Å². The van der Waals surface area contributed by atoms with Crippen molar-refractivity contribution in [1.29, 1.82) is 0 Å². The molecule has 10 heteroatoms. The third-order valence-corrected chi connectivity index (χ3v) is 5.19. The van der Waals surface area contributed by atoms with E-state index in [4.69, 9.17) is 14.6 Å². The number of carbonyl (C=O) groups is 1. The van der Waals surface area contributed by atoms with Gasteiger partial charge in [-0.15, -0.1) is 5.10 Å². The van der Waals surface area contributed by atoms with E-state index < -0.39 is 6.09 Å². The first-order chi connectivity index (χ1) is 16.6. The molecule has 4 aromatic rings. The van der Waals surface area contributed by atoms with E-state index in [0.29, 0.717) is 37.9 Å². The highest BCUT2D eigenvalue weighted by Crippen LogP contribution is 2.25. The molecule has 34 heavy (non-hydrogen) atoms. The van der Waals surface area contributed by atoms with Gasteiger partial charge in [-0.1, -0.05) is 15.9 Å². The van der Waals surface area contributed by atoms with Gasteiger partial charge in [0.2, 0.25) is 5.95 Å². The molecule has 3 N–H and O–H groups in total. The van der Waals surface area contributed by atoms with Crippen LogP contribution in [0.5, 0.6) is 11.5 Å². The van der Waals surface area contributed by atoms with Crippen LogP contribution in [-0.4, -0.2) is 50.9 Å². The van der Waals surface area contributed by atoms with Crippen LogP contribution < -0.4 is 20.1 Å². The molecule has 0 fully saturated rings. The van der Waals surface area contributed by atoms with Gasteiger partial charge < -0.3 is 25.2 Å². The molecule has 0 bridgehead atoms. The first-order valence-corrected chi connectivity index (χ1v) is 11.9. The van der Waals surface area contributed by atoms with Gasteiger partial charge in [0.1, 0.15) is 11.5 Å². The lowest BCUT2D eigenvalue weighted by Gasteiger charge is -2.09. The van der Waals surface area contributed by atoms with E-state index >= 15 is 0 Å². The molecule has 176 valence electrons. The van der Waals surface area contributed by atoms with Gasteiger partial charge in [0.05, 0.1) is 30.6 Å². The zero-order chi connectivity index (χ0) is 23.8. The Morgan fingerprint density at radius 1 is 0.971 bits per heavy atom. The topological polar surface area (TPSA) is 110 Å². The highest BCUT2D eigenvalue weighted by molar-refractivity contribution is 9.09. The Morgan fingerprint density at radius 2 is 1.68 bits per heavy atom. The van der Waals surface area contributed by atoms with Crippen LogP contribution in [-0.2, 0) is 0 Å². The van der Waals surface area contributed by atoms with Crippen molar-refractivity contribution < 1.29 is 19.4 Å². The summed E-state index contributed by atoms with van der Waals surface area (Å²) in [4.78, 5) is 14.8. The molecule has 2 heterocycles. The van der Waals surface area contributed by atoms with Gasteiger partial charge in [0.25, 0.3) is 0 Å². The average molecular weight is 526 g/mol. The predicted molar refractivity (Wildman–Crippen MR) is 134 cm³/mol. The summed E-state index contributed by atoms with van der Waals surface area (Å²) in [5.74, 6) is 1.99. The van der Waals surface area contributed by atoms with E-state index in [1.807, 2.05) is 65.2 Å². The smallest absolute Gasteiger partial charge is 0.404 e. The summed E-state index contributed by atoms with van der Waals surface area (Å²) in [5, 5.41) is 19.5. The number of amides is 1. The number of halogens is 1. The molecule has 0 spiro atoms. The highest BCUT2D eigenvalue weighted by atomic mass is 79.9. The second-order valence-corrected chi connectivity index (χ2v) is 8.08. The minimum absolute atomic E-state index is 0.352. The Bertz CT molecular complexity index is 1230. The molecule has 2 aromatic carbocycles. The molecule has 0 aliphatic rings. The van der Waals surface area contributed by atoms with Gasteiger partial charge >= 0.3 is 6.09 Å². The summed E-state index contributed by atoms with van der Waals surface area (Å²) in [7, 11) is 0. The van der Waals surface area contributed by atoms with Crippen LogP contribution in [0.25, 0.3) is 16.8 Å². The van der Waals surface area contributed by atoms with Crippen molar-refractivity contribution in [1.82, 2.24) is 19.9 Å². The molecule has 0 aliphatic heterocycles. The lowest BCUT2D eigenvalue weighted by molar-refractivity contribution is 0.193. The maximum Gasteiger partial charge on any atom is 0.404 e. The number of ether oxygens (including phenoxy) is 2. The van der Waals surface area contributed by atoms with Crippen molar-refractivity contribution in [2.45, 2.75) is 6.42 Å². The van der Waals surface area contributed by atoms with E-state index in [0.717, 1.165) is 33.5 Å². The predicted octanol–water partition coefficient (Wildman–Crippen LogP) is 4.95. The molecule has 1 amide bonds. The fourth-order valence-electron chi connectivity index (χ4n) is 3.28.